The molecule has 30 heavy (non-hydrogen) atoms. The van der Waals surface area contributed by atoms with Crippen LogP contribution in [0.3, 0.4) is 0 Å². The second-order valence-corrected chi connectivity index (χ2v) is 8.86. The van der Waals surface area contributed by atoms with Gasteiger partial charge in [-0.25, -0.2) is 4.98 Å². The third-order valence-electron chi connectivity index (χ3n) is 5.23. The second kappa shape index (κ2) is 8.20. The molecule has 150 valence electrons. The lowest BCUT2D eigenvalue weighted by Crippen LogP contribution is -2.21. The fourth-order valence-electron chi connectivity index (χ4n) is 3.68. The van der Waals surface area contributed by atoms with Crippen LogP contribution in [-0.2, 0) is 4.79 Å². The number of carbonyl (C=O) groups is 1. The summed E-state index contributed by atoms with van der Waals surface area (Å²) in [6, 6.07) is 17.4. The zero-order chi connectivity index (χ0) is 20.5. The van der Waals surface area contributed by atoms with E-state index in [1.807, 2.05) is 54.6 Å². The van der Waals surface area contributed by atoms with Gasteiger partial charge in [0.1, 0.15) is 5.78 Å². The summed E-state index contributed by atoms with van der Waals surface area (Å²) in [6.07, 6.45) is 3.53. The minimum absolute atomic E-state index is 0.0918. The first-order valence-electron chi connectivity index (χ1n) is 9.86. The maximum atomic E-state index is 12.1. The van der Waals surface area contributed by atoms with E-state index >= 15 is 0 Å². The van der Waals surface area contributed by atoms with Gasteiger partial charge in [-0.05, 0) is 37.1 Å². The Morgan fingerprint density at radius 3 is 2.70 bits per heavy atom. The quantitative estimate of drug-likeness (QED) is 0.379. The SMILES string of the molecule is O=C1CCCCC1Sc1nnc(-c2cc(-c3ccc(Cl)cc3)nc3ccccc23)o1. The van der Waals surface area contributed by atoms with E-state index in [2.05, 4.69) is 10.2 Å². The van der Waals surface area contributed by atoms with E-state index in [4.69, 9.17) is 21.0 Å². The van der Waals surface area contributed by atoms with Crippen molar-refractivity contribution in [2.75, 3.05) is 0 Å². The number of ketones is 1. The summed E-state index contributed by atoms with van der Waals surface area (Å²) in [4.78, 5) is 16.9. The molecular weight excluding hydrogens is 418 g/mol. The highest BCUT2D eigenvalue weighted by molar-refractivity contribution is 8.00. The standard InChI is InChI=1S/C23H18ClN3O2S/c24-15-11-9-14(10-12-15)19-13-17(16-5-1-2-6-18(16)25-19)22-26-27-23(29-22)30-21-8-4-3-7-20(21)28/h1-2,5-6,9-13,21H,3-4,7-8H2. The Labute approximate surface area is 182 Å². The predicted octanol–water partition coefficient (Wildman–Crippen LogP) is 6.21. The number of para-hydroxylation sites is 1. The summed E-state index contributed by atoms with van der Waals surface area (Å²) in [7, 11) is 0. The number of rotatable bonds is 4. The van der Waals surface area contributed by atoms with Crippen molar-refractivity contribution in [3.05, 3.63) is 59.6 Å². The Morgan fingerprint density at radius 2 is 1.87 bits per heavy atom. The molecule has 1 aliphatic carbocycles. The molecule has 0 radical (unpaired) electrons. The van der Waals surface area contributed by atoms with E-state index in [9.17, 15) is 4.79 Å². The van der Waals surface area contributed by atoms with Crippen molar-refractivity contribution in [1.29, 1.82) is 0 Å². The maximum Gasteiger partial charge on any atom is 0.277 e. The van der Waals surface area contributed by atoms with E-state index in [-0.39, 0.29) is 11.0 Å². The third kappa shape index (κ3) is 3.85. The number of thioether (sulfide) groups is 1. The van der Waals surface area contributed by atoms with Gasteiger partial charge in [0.2, 0.25) is 5.89 Å². The van der Waals surface area contributed by atoms with Crippen LogP contribution in [0.25, 0.3) is 33.6 Å². The summed E-state index contributed by atoms with van der Waals surface area (Å²) in [5.74, 6) is 0.694. The van der Waals surface area contributed by atoms with Gasteiger partial charge in [-0.1, -0.05) is 60.1 Å². The first kappa shape index (κ1) is 19.3. The van der Waals surface area contributed by atoms with Gasteiger partial charge in [-0.3, -0.25) is 4.79 Å². The van der Waals surface area contributed by atoms with E-state index in [0.29, 0.717) is 22.6 Å². The van der Waals surface area contributed by atoms with Gasteiger partial charge in [0.25, 0.3) is 5.22 Å². The number of Topliss-reactive ketones (excluding diaryl/α,β-unsaturated/α-hetero) is 1. The largest absolute Gasteiger partial charge is 0.411 e. The summed E-state index contributed by atoms with van der Waals surface area (Å²) < 4.78 is 5.98. The van der Waals surface area contributed by atoms with Gasteiger partial charge in [0.15, 0.2) is 0 Å². The highest BCUT2D eigenvalue weighted by Crippen LogP contribution is 2.35. The summed E-state index contributed by atoms with van der Waals surface area (Å²) in [6.45, 7) is 0. The fraction of sp³-hybridized carbons (Fsp3) is 0.217. The van der Waals surface area contributed by atoms with Crippen LogP contribution in [0.5, 0.6) is 0 Å². The molecule has 4 aromatic rings. The van der Waals surface area contributed by atoms with Gasteiger partial charge >= 0.3 is 0 Å². The average molecular weight is 436 g/mol. The molecular formula is C23H18ClN3O2S. The molecule has 0 N–H and O–H groups in total. The number of hydrogen-bond acceptors (Lipinski definition) is 6. The van der Waals surface area contributed by atoms with Crippen LogP contribution >= 0.6 is 23.4 Å². The van der Waals surface area contributed by atoms with E-state index in [0.717, 1.165) is 47.0 Å². The first-order chi connectivity index (χ1) is 14.7. The molecule has 1 aliphatic rings. The van der Waals surface area contributed by atoms with Crippen LogP contribution in [0.15, 0.2) is 64.2 Å². The van der Waals surface area contributed by atoms with Gasteiger partial charge in [0, 0.05) is 22.4 Å². The minimum Gasteiger partial charge on any atom is -0.411 e. The monoisotopic (exact) mass is 435 g/mol. The van der Waals surface area contributed by atoms with Gasteiger partial charge in [-0.15, -0.1) is 10.2 Å². The molecule has 0 bridgehead atoms. The van der Waals surface area contributed by atoms with Crippen LogP contribution in [0.4, 0.5) is 0 Å². The molecule has 7 heteroatoms. The highest BCUT2D eigenvalue weighted by Gasteiger charge is 2.26. The number of halogens is 1. The normalized spacial score (nSPS) is 16.8. The molecule has 1 saturated carbocycles. The van der Waals surface area contributed by atoms with Crippen LogP contribution in [0, 0.1) is 0 Å². The molecule has 1 fully saturated rings. The third-order valence-corrected chi connectivity index (χ3v) is 6.64. The average Bonchev–Trinajstić information content (AvgIpc) is 3.23. The van der Waals surface area contributed by atoms with E-state index in [1.54, 1.807) is 0 Å². The zero-order valence-corrected chi connectivity index (χ0v) is 17.6. The molecule has 0 spiro atoms. The highest BCUT2D eigenvalue weighted by atomic mass is 35.5. The summed E-state index contributed by atoms with van der Waals surface area (Å²) in [5, 5.41) is 10.4. The number of aromatic nitrogens is 3. The molecule has 5 nitrogen and oxygen atoms in total. The van der Waals surface area contributed by atoms with E-state index in [1.165, 1.54) is 11.8 Å². The van der Waals surface area contributed by atoms with Crippen LogP contribution in [-0.4, -0.2) is 26.2 Å². The van der Waals surface area contributed by atoms with Crippen LogP contribution in [0.2, 0.25) is 5.02 Å². The molecule has 0 saturated heterocycles. The Bertz CT molecular complexity index is 1220. The molecule has 5 rings (SSSR count). The molecule has 0 aliphatic heterocycles. The number of carbonyl (C=O) groups excluding carboxylic acids is 1. The topological polar surface area (TPSA) is 68.9 Å². The Kier molecular flexibility index (Phi) is 5.27. The summed E-state index contributed by atoms with van der Waals surface area (Å²) in [5.41, 5.74) is 3.42. The van der Waals surface area contributed by atoms with Crippen molar-refractivity contribution in [2.45, 2.75) is 36.2 Å². The molecule has 2 aromatic heterocycles. The van der Waals surface area contributed by atoms with Crippen molar-refractivity contribution in [1.82, 2.24) is 15.2 Å². The Morgan fingerprint density at radius 1 is 1.03 bits per heavy atom. The van der Waals surface area contributed by atoms with Gasteiger partial charge in [0.05, 0.1) is 22.0 Å². The van der Waals surface area contributed by atoms with Crippen molar-refractivity contribution in [3.8, 4) is 22.7 Å². The Balaban J connectivity index is 1.54. The van der Waals surface area contributed by atoms with Crippen molar-refractivity contribution in [3.63, 3.8) is 0 Å². The van der Waals surface area contributed by atoms with Crippen molar-refractivity contribution in [2.24, 2.45) is 0 Å². The smallest absolute Gasteiger partial charge is 0.277 e. The first-order valence-corrected chi connectivity index (χ1v) is 11.1. The zero-order valence-electron chi connectivity index (χ0n) is 16.0. The van der Waals surface area contributed by atoms with Crippen LogP contribution in [0.1, 0.15) is 25.7 Å². The predicted molar refractivity (Wildman–Crippen MR) is 119 cm³/mol. The van der Waals surface area contributed by atoms with Crippen molar-refractivity contribution < 1.29 is 9.21 Å². The molecule has 0 amide bonds. The number of nitrogens with zero attached hydrogens (tertiary/aromatic N) is 3. The number of pyridine rings is 1. The van der Waals surface area contributed by atoms with Crippen molar-refractivity contribution >= 4 is 40.0 Å². The van der Waals surface area contributed by atoms with Gasteiger partial charge < -0.3 is 4.42 Å². The number of benzene rings is 2. The number of hydrogen-bond donors (Lipinski definition) is 0. The maximum absolute atomic E-state index is 12.1. The molecule has 1 unspecified atom stereocenters. The lowest BCUT2D eigenvalue weighted by Gasteiger charge is -2.17. The van der Waals surface area contributed by atoms with Crippen LogP contribution < -0.4 is 0 Å². The summed E-state index contributed by atoms with van der Waals surface area (Å²) >= 11 is 7.41. The Hall–Kier alpha value is -2.70. The molecule has 2 heterocycles. The van der Waals surface area contributed by atoms with E-state index < -0.39 is 0 Å². The lowest BCUT2D eigenvalue weighted by molar-refractivity contribution is -0.119. The second-order valence-electron chi connectivity index (χ2n) is 7.27. The minimum atomic E-state index is -0.0918. The lowest BCUT2D eigenvalue weighted by atomic mass is 9.99. The fourth-order valence-corrected chi connectivity index (χ4v) is 4.80. The number of fused-ring (bicyclic) bond motifs is 1. The van der Waals surface area contributed by atoms with Gasteiger partial charge in [-0.2, -0.15) is 0 Å². The molecule has 2 aromatic carbocycles. The molecule has 1 atom stereocenters.